The molecule has 0 aliphatic carbocycles. The van der Waals surface area contributed by atoms with E-state index in [0.29, 0.717) is 17.2 Å². The number of ether oxygens (including phenoxy) is 2. The van der Waals surface area contributed by atoms with E-state index in [9.17, 15) is 14.9 Å². The standard InChI is InChI=1S/C18H17Cl3N4O5S/c1-29-13-8-5-11(9-14(13)30-2)22-17(31)24-16(18(19,20)21)23-15(26)10-3-6-12(7-4-10)25(27)28/h3-9,16H,1-2H3,(H,23,26)(H2,22,24,31). The molecule has 0 saturated carbocycles. The highest BCUT2D eigenvalue weighted by atomic mass is 35.6. The number of nitrogens with one attached hydrogen (secondary N) is 3. The molecule has 0 fully saturated rings. The lowest BCUT2D eigenvalue weighted by Crippen LogP contribution is -2.56. The zero-order valence-electron chi connectivity index (χ0n) is 16.1. The first-order valence-corrected chi connectivity index (χ1v) is 10.0. The Kier molecular flexibility index (Phi) is 8.52. The van der Waals surface area contributed by atoms with Crippen LogP contribution in [0.3, 0.4) is 0 Å². The van der Waals surface area contributed by atoms with E-state index in [2.05, 4.69) is 16.0 Å². The number of anilines is 1. The van der Waals surface area contributed by atoms with Crippen LogP contribution in [0.25, 0.3) is 0 Å². The van der Waals surface area contributed by atoms with Crippen LogP contribution >= 0.6 is 47.0 Å². The summed E-state index contributed by atoms with van der Waals surface area (Å²) in [5, 5.41) is 18.9. The monoisotopic (exact) mass is 506 g/mol. The molecular weight excluding hydrogens is 491 g/mol. The number of alkyl halides is 3. The number of nitro benzene ring substituents is 1. The lowest BCUT2D eigenvalue weighted by atomic mass is 10.2. The first-order chi connectivity index (χ1) is 14.5. The van der Waals surface area contributed by atoms with Crippen LogP contribution in [0.1, 0.15) is 10.4 Å². The summed E-state index contributed by atoms with van der Waals surface area (Å²) in [5.74, 6) is 0.369. The lowest BCUT2D eigenvalue weighted by Gasteiger charge is -2.27. The SMILES string of the molecule is COc1ccc(NC(=S)NC(NC(=O)c2ccc([N+](=O)[O-])cc2)C(Cl)(Cl)Cl)cc1OC. The van der Waals surface area contributed by atoms with E-state index in [1.807, 2.05) is 0 Å². The van der Waals surface area contributed by atoms with Gasteiger partial charge in [-0.1, -0.05) is 34.8 Å². The molecule has 31 heavy (non-hydrogen) atoms. The maximum atomic E-state index is 12.5. The van der Waals surface area contributed by atoms with Gasteiger partial charge in [0, 0.05) is 29.4 Å². The quantitative estimate of drug-likeness (QED) is 0.169. The summed E-state index contributed by atoms with van der Waals surface area (Å²) in [6.07, 6.45) is -1.22. The number of rotatable bonds is 7. The Balaban J connectivity index is 2.10. The van der Waals surface area contributed by atoms with Crippen molar-refractivity contribution < 1.29 is 19.2 Å². The zero-order chi connectivity index (χ0) is 23.2. The van der Waals surface area contributed by atoms with Crippen molar-refractivity contribution in [2.45, 2.75) is 9.96 Å². The number of carbonyl (C=O) groups is 1. The van der Waals surface area contributed by atoms with Crippen molar-refractivity contribution in [3.05, 3.63) is 58.1 Å². The van der Waals surface area contributed by atoms with Gasteiger partial charge in [-0.3, -0.25) is 14.9 Å². The summed E-state index contributed by atoms with van der Waals surface area (Å²) in [7, 11) is 3.00. The van der Waals surface area contributed by atoms with Gasteiger partial charge in [0.05, 0.1) is 19.1 Å². The van der Waals surface area contributed by atoms with Crippen molar-refractivity contribution in [3.8, 4) is 11.5 Å². The van der Waals surface area contributed by atoms with Gasteiger partial charge >= 0.3 is 0 Å². The van der Waals surface area contributed by atoms with E-state index in [1.165, 1.54) is 38.5 Å². The summed E-state index contributed by atoms with van der Waals surface area (Å²) in [4.78, 5) is 22.7. The van der Waals surface area contributed by atoms with Crippen molar-refractivity contribution in [1.82, 2.24) is 10.6 Å². The fraction of sp³-hybridized carbons (Fsp3) is 0.222. The third-order valence-corrected chi connectivity index (χ3v) is 4.73. The minimum atomic E-state index is -1.97. The summed E-state index contributed by atoms with van der Waals surface area (Å²) in [6.45, 7) is 0. The third-order valence-electron chi connectivity index (χ3n) is 3.86. The normalized spacial score (nSPS) is 11.8. The van der Waals surface area contributed by atoms with Crippen LogP contribution < -0.4 is 25.4 Å². The van der Waals surface area contributed by atoms with Crippen LogP contribution in [0, 0.1) is 10.1 Å². The minimum Gasteiger partial charge on any atom is -0.493 e. The predicted molar refractivity (Wildman–Crippen MR) is 124 cm³/mol. The van der Waals surface area contributed by atoms with E-state index >= 15 is 0 Å². The summed E-state index contributed by atoms with van der Waals surface area (Å²) < 4.78 is 8.43. The molecule has 0 bridgehead atoms. The molecule has 1 amide bonds. The number of thiocarbonyl (C=S) groups is 1. The number of halogens is 3. The zero-order valence-corrected chi connectivity index (χ0v) is 19.2. The predicted octanol–water partition coefficient (Wildman–Crippen LogP) is 4.02. The second-order valence-electron chi connectivity index (χ2n) is 5.92. The number of amides is 1. The van der Waals surface area contributed by atoms with E-state index in [1.54, 1.807) is 18.2 Å². The number of methoxy groups -OCH3 is 2. The number of carbonyl (C=O) groups excluding carboxylic acids is 1. The highest BCUT2D eigenvalue weighted by molar-refractivity contribution is 7.80. The topological polar surface area (TPSA) is 115 Å². The van der Waals surface area contributed by atoms with Gasteiger partial charge in [0.15, 0.2) is 16.6 Å². The van der Waals surface area contributed by atoms with Gasteiger partial charge in [-0.05, 0) is 36.5 Å². The molecule has 166 valence electrons. The molecule has 0 aromatic heterocycles. The van der Waals surface area contributed by atoms with Crippen molar-refractivity contribution in [2.24, 2.45) is 0 Å². The molecule has 1 atom stereocenters. The van der Waals surface area contributed by atoms with Gasteiger partial charge in [0.25, 0.3) is 11.6 Å². The second kappa shape index (κ2) is 10.7. The molecule has 3 N–H and O–H groups in total. The number of hydrogen-bond acceptors (Lipinski definition) is 6. The molecule has 2 aromatic carbocycles. The van der Waals surface area contributed by atoms with Crippen LogP contribution in [-0.2, 0) is 0 Å². The summed E-state index contributed by atoms with van der Waals surface area (Å²) >= 11 is 23.2. The Morgan fingerprint density at radius 1 is 1.06 bits per heavy atom. The Labute approximate surface area is 198 Å². The number of nitrogens with zero attached hydrogens (tertiary/aromatic N) is 1. The number of benzene rings is 2. The molecule has 0 radical (unpaired) electrons. The van der Waals surface area contributed by atoms with Crippen LogP contribution in [0.5, 0.6) is 11.5 Å². The number of nitro groups is 1. The number of hydrogen-bond donors (Lipinski definition) is 3. The molecule has 0 aliphatic heterocycles. The van der Waals surface area contributed by atoms with Gasteiger partial charge in [-0.15, -0.1) is 0 Å². The van der Waals surface area contributed by atoms with Gasteiger partial charge in [-0.25, -0.2) is 0 Å². The fourth-order valence-electron chi connectivity index (χ4n) is 2.36. The van der Waals surface area contributed by atoms with E-state index in [-0.39, 0.29) is 16.4 Å². The fourth-order valence-corrected chi connectivity index (χ4v) is 2.92. The van der Waals surface area contributed by atoms with E-state index < -0.39 is 20.8 Å². The maximum absolute atomic E-state index is 12.5. The second-order valence-corrected chi connectivity index (χ2v) is 8.70. The van der Waals surface area contributed by atoms with Crippen molar-refractivity contribution >= 4 is 69.4 Å². The lowest BCUT2D eigenvalue weighted by molar-refractivity contribution is -0.384. The van der Waals surface area contributed by atoms with E-state index in [4.69, 9.17) is 56.5 Å². The summed E-state index contributed by atoms with van der Waals surface area (Å²) in [5.41, 5.74) is 0.526. The largest absolute Gasteiger partial charge is 0.493 e. The van der Waals surface area contributed by atoms with Crippen LogP contribution in [-0.4, -0.2) is 40.1 Å². The van der Waals surface area contributed by atoms with Crippen LogP contribution in [0.15, 0.2) is 42.5 Å². The molecule has 0 saturated heterocycles. The van der Waals surface area contributed by atoms with Gasteiger partial charge in [0.1, 0.15) is 6.17 Å². The van der Waals surface area contributed by atoms with Gasteiger partial charge in [0.2, 0.25) is 3.79 Å². The van der Waals surface area contributed by atoms with E-state index in [0.717, 1.165) is 0 Å². The molecule has 1 unspecified atom stereocenters. The third kappa shape index (κ3) is 7.00. The van der Waals surface area contributed by atoms with Crippen LogP contribution in [0.2, 0.25) is 0 Å². The Morgan fingerprint density at radius 2 is 1.68 bits per heavy atom. The summed E-state index contributed by atoms with van der Waals surface area (Å²) in [6, 6.07) is 9.95. The Morgan fingerprint density at radius 3 is 2.19 bits per heavy atom. The molecular formula is C18H17Cl3N4O5S. The smallest absolute Gasteiger partial charge is 0.269 e. The van der Waals surface area contributed by atoms with Gasteiger partial charge in [-0.2, -0.15) is 0 Å². The molecule has 0 spiro atoms. The van der Waals surface area contributed by atoms with Crippen molar-refractivity contribution in [3.63, 3.8) is 0 Å². The minimum absolute atomic E-state index is 0.0487. The van der Waals surface area contributed by atoms with Crippen LogP contribution in [0.4, 0.5) is 11.4 Å². The maximum Gasteiger partial charge on any atom is 0.269 e. The highest BCUT2D eigenvalue weighted by Gasteiger charge is 2.35. The first kappa shape index (κ1) is 24.7. The highest BCUT2D eigenvalue weighted by Crippen LogP contribution is 2.31. The molecule has 0 aliphatic rings. The first-order valence-electron chi connectivity index (χ1n) is 8.46. The molecule has 9 nitrogen and oxygen atoms in total. The average molecular weight is 508 g/mol. The molecule has 0 heterocycles. The van der Waals surface area contributed by atoms with Crippen molar-refractivity contribution in [2.75, 3.05) is 19.5 Å². The average Bonchev–Trinajstić information content (AvgIpc) is 2.72. The molecule has 13 heteroatoms. The Bertz CT molecular complexity index is 970. The number of non-ortho nitro benzene ring substituents is 1. The Hall–Kier alpha value is -2.53. The molecule has 2 aromatic rings. The van der Waals surface area contributed by atoms with Gasteiger partial charge < -0.3 is 25.4 Å². The molecule has 2 rings (SSSR count). The van der Waals surface area contributed by atoms with Crippen molar-refractivity contribution in [1.29, 1.82) is 0 Å².